The third-order valence-electron chi connectivity index (χ3n) is 4.33. The summed E-state index contributed by atoms with van der Waals surface area (Å²) in [6, 6.07) is 1.56. The van der Waals surface area contributed by atoms with Crippen LogP contribution < -0.4 is 10.0 Å². The van der Waals surface area contributed by atoms with Gasteiger partial charge in [0.2, 0.25) is 21.9 Å². The number of nitrogens with one attached hydrogen (secondary N) is 2. The van der Waals surface area contributed by atoms with Crippen LogP contribution in [-0.4, -0.2) is 47.4 Å². The number of sulfonamides is 1. The maximum Gasteiger partial charge on any atom is 0.241 e. The maximum atomic E-state index is 14.3. The van der Waals surface area contributed by atoms with Gasteiger partial charge in [-0.2, -0.15) is 15.0 Å². The van der Waals surface area contributed by atoms with Gasteiger partial charge in [-0.25, -0.2) is 17.2 Å². The third-order valence-corrected chi connectivity index (χ3v) is 5.17. The minimum absolute atomic E-state index is 0.0609. The SMILES string of the molecule is CC(C)CC(CO)Nc1nc(CC(C)c2cc(F)c(Cl)cc2F)nc(NS(C)(=O)=O)n1. The van der Waals surface area contributed by atoms with Crippen molar-refractivity contribution in [1.82, 2.24) is 15.0 Å². The van der Waals surface area contributed by atoms with Gasteiger partial charge in [0.15, 0.2) is 0 Å². The highest BCUT2D eigenvalue weighted by molar-refractivity contribution is 7.91. The normalized spacial score (nSPS) is 13.8. The van der Waals surface area contributed by atoms with Gasteiger partial charge < -0.3 is 10.4 Å². The molecule has 1 aromatic carbocycles. The molecule has 172 valence electrons. The van der Waals surface area contributed by atoms with Gasteiger partial charge in [0.25, 0.3) is 0 Å². The van der Waals surface area contributed by atoms with Crippen molar-refractivity contribution in [3.8, 4) is 0 Å². The van der Waals surface area contributed by atoms with E-state index in [1.54, 1.807) is 6.92 Å². The number of aliphatic hydroxyl groups excluding tert-OH is 1. The molecule has 8 nitrogen and oxygen atoms in total. The van der Waals surface area contributed by atoms with Crippen LogP contribution in [0.1, 0.15) is 44.5 Å². The van der Waals surface area contributed by atoms with E-state index in [-0.39, 0.29) is 53.3 Å². The molecular formula is C19H26ClF2N5O3S. The fourth-order valence-corrected chi connectivity index (χ4v) is 3.59. The zero-order valence-corrected chi connectivity index (χ0v) is 19.2. The number of hydrogen-bond acceptors (Lipinski definition) is 7. The first-order chi connectivity index (χ1) is 14.4. The van der Waals surface area contributed by atoms with Crippen molar-refractivity contribution in [2.75, 3.05) is 22.9 Å². The van der Waals surface area contributed by atoms with E-state index in [0.29, 0.717) is 6.42 Å². The van der Waals surface area contributed by atoms with Gasteiger partial charge in [0, 0.05) is 6.42 Å². The predicted octanol–water partition coefficient (Wildman–Crippen LogP) is 3.34. The molecule has 0 saturated carbocycles. The van der Waals surface area contributed by atoms with Crippen LogP contribution in [0.4, 0.5) is 20.7 Å². The summed E-state index contributed by atoms with van der Waals surface area (Å²) in [5.41, 5.74) is 0.0856. The minimum Gasteiger partial charge on any atom is -0.394 e. The molecule has 1 aromatic heterocycles. The number of nitrogens with zero attached hydrogens (tertiary/aromatic N) is 3. The van der Waals surface area contributed by atoms with Gasteiger partial charge in [-0.3, -0.25) is 4.72 Å². The number of aliphatic hydroxyl groups is 1. The van der Waals surface area contributed by atoms with E-state index in [9.17, 15) is 22.3 Å². The number of aromatic nitrogens is 3. The van der Waals surface area contributed by atoms with Crippen LogP contribution in [0, 0.1) is 17.6 Å². The number of benzene rings is 1. The summed E-state index contributed by atoms with van der Waals surface area (Å²) in [6.07, 6.45) is 1.65. The van der Waals surface area contributed by atoms with Crippen LogP contribution in [0.15, 0.2) is 12.1 Å². The molecule has 31 heavy (non-hydrogen) atoms. The van der Waals surface area contributed by atoms with Crippen LogP contribution >= 0.6 is 11.6 Å². The summed E-state index contributed by atoms with van der Waals surface area (Å²) >= 11 is 5.61. The van der Waals surface area contributed by atoms with Crippen molar-refractivity contribution in [3.05, 3.63) is 40.2 Å². The predicted molar refractivity (Wildman–Crippen MR) is 116 cm³/mol. The number of rotatable bonds is 10. The Labute approximate surface area is 185 Å². The Kier molecular flexibility index (Phi) is 8.49. The number of halogens is 3. The minimum atomic E-state index is -3.67. The molecule has 0 aliphatic rings. The topological polar surface area (TPSA) is 117 Å². The summed E-state index contributed by atoms with van der Waals surface area (Å²) < 4.78 is 53.5. The average molecular weight is 478 g/mol. The molecule has 0 radical (unpaired) electrons. The zero-order chi connectivity index (χ0) is 23.3. The second-order valence-electron chi connectivity index (χ2n) is 7.82. The van der Waals surface area contributed by atoms with E-state index in [4.69, 9.17) is 11.6 Å². The van der Waals surface area contributed by atoms with Crippen LogP contribution in [0.5, 0.6) is 0 Å². The summed E-state index contributed by atoms with van der Waals surface area (Å²) in [5.74, 6) is -1.68. The fraction of sp³-hybridized carbons (Fsp3) is 0.526. The molecule has 2 rings (SSSR count). The molecule has 0 fully saturated rings. The van der Waals surface area contributed by atoms with Crippen molar-refractivity contribution in [2.24, 2.45) is 5.92 Å². The summed E-state index contributed by atoms with van der Waals surface area (Å²) in [4.78, 5) is 12.4. The molecule has 12 heteroatoms. The second kappa shape index (κ2) is 10.5. The van der Waals surface area contributed by atoms with Crippen LogP contribution in [0.2, 0.25) is 5.02 Å². The summed E-state index contributed by atoms with van der Waals surface area (Å²) in [7, 11) is -3.67. The monoisotopic (exact) mass is 477 g/mol. The van der Waals surface area contributed by atoms with Gasteiger partial charge in [-0.1, -0.05) is 32.4 Å². The van der Waals surface area contributed by atoms with Gasteiger partial charge in [0.1, 0.15) is 17.5 Å². The Morgan fingerprint density at radius 2 is 1.74 bits per heavy atom. The highest BCUT2D eigenvalue weighted by Crippen LogP contribution is 2.27. The van der Waals surface area contributed by atoms with E-state index < -0.39 is 27.6 Å². The van der Waals surface area contributed by atoms with E-state index in [1.807, 2.05) is 13.8 Å². The van der Waals surface area contributed by atoms with E-state index in [1.165, 1.54) is 0 Å². The Balaban J connectivity index is 2.36. The van der Waals surface area contributed by atoms with Gasteiger partial charge >= 0.3 is 0 Å². The Bertz CT molecular complexity index is 1020. The van der Waals surface area contributed by atoms with Crippen molar-refractivity contribution in [3.63, 3.8) is 0 Å². The summed E-state index contributed by atoms with van der Waals surface area (Å²) in [5, 5.41) is 12.3. The quantitative estimate of drug-likeness (QED) is 0.449. The molecule has 0 saturated heterocycles. The molecule has 1 heterocycles. The Morgan fingerprint density at radius 3 is 2.32 bits per heavy atom. The van der Waals surface area contributed by atoms with Crippen molar-refractivity contribution in [1.29, 1.82) is 0 Å². The first-order valence-electron chi connectivity index (χ1n) is 9.62. The number of anilines is 2. The van der Waals surface area contributed by atoms with E-state index in [0.717, 1.165) is 18.4 Å². The average Bonchev–Trinajstić information content (AvgIpc) is 2.62. The molecule has 0 amide bonds. The van der Waals surface area contributed by atoms with Gasteiger partial charge in [-0.15, -0.1) is 0 Å². The fourth-order valence-electron chi connectivity index (χ4n) is 3.02. The van der Waals surface area contributed by atoms with Crippen molar-refractivity contribution in [2.45, 2.75) is 45.6 Å². The highest BCUT2D eigenvalue weighted by atomic mass is 35.5. The number of hydrogen-bond donors (Lipinski definition) is 3. The Morgan fingerprint density at radius 1 is 1.10 bits per heavy atom. The lowest BCUT2D eigenvalue weighted by atomic mass is 9.97. The van der Waals surface area contributed by atoms with Crippen LogP contribution in [-0.2, 0) is 16.4 Å². The second-order valence-corrected chi connectivity index (χ2v) is 9.98. The molecule has 2 aromatic rings. The van der Waals surface area contributed by atoms with Crippen LogP contribution in [0.3, 0.4) is 0 Å². The van der Waals surface area contributed by atoms with E-state index in [2.05, 4.69) is 25.0 Å². The molecule has 3 N–H and O–H groups in total. The third kappa shape index (κ3) is 7.82. The molecule has 0 aliphatic carbocycles. The lowest BCUT2D eigenvalue weighted by Crippen LogP contribution is -2.27. The molecule has 0 bridgehead atoms. The highest BCUT2D eigenvalue weighted by Gasteiger charge is 2.19. The van der Waals surface area contributed by atoms with Crippen LogP contribution in [0.25, 0.3) is 0 Å². The lowest BCUT2D eigenvalue weighted by Gasteiger charge is -2.19. The zero-order valence-electron chi connectivity index (χ0n) is 17.7. The first-order valence-corrected chi connectivity index (χ1v) is 11.9. The molecular weight excluding hydrogens is 452 g/mol. The molecule has 2 atom stereocenters. The van der Waals surface area contributed by atoms with Crippen molar-refractivity contribution < 1.29 is 22.3 Å². The van der Waals surface area contributed by atoms with Gasteiger partial charge in [0.05, 0.1) is 23.9 Å². The lowest BCUT2D eigenvalue weighted by molar-refractivity contribution is 0.259. The van der Waals surface area contributed by atoms with Crippen molar-refractivity contribution >= 4 is 33.5 Å². The first kappa shape index (κ1) is 25.2. The standard InChI is InChI=1S/C19H26ClF2N5O3S/c1-10(2)5-12(9-28)23-18-24-17(25-19(26-18)27-31(4,29)30)6-11(3)13-7-16(22)14(20)8-15(13)21/h7-8,10-12,28H,5-6,9H2,1-4H3,(H2,23,24,25,26,27). The summed E-state index contributed by atoms with van der Waals surface area (Å²) in [6.45, 7) is 5.45. The molecule has 0 aliphatic heterocycles. The van der Waals surface area contributed by atoms with E-state index >= 15 is 0 Å². The molecule has 2 unspecified atom stereocenters. The molecule has 0 spiro atoms. The van der Waals surface area contributed by atoms with Gasteiger partial charge in [-0.05, 0) is 36.0 Å². The Hall–Kier alpha value is -2.11. The largest absolute Gasteiger partial charge is 0.394 e. The smallest absolute Gasteiger partial charge is 0.241 e. The maximum absolute atomic E-state index is 14.3.